The molecule has 3 aromatic rings. The van der Waals surface area contributed by atoms with Crippen LogP contribution in [-0.4, -0.2) is 42.3 Å². The lowest BCUT2D eigenvalue weighted by molar-refractivity contribution is 0.370. The topological polar surface area (TPSA) is 144 Å². The Labute approximate surface area is 126 Å². The van der Waals surface area contributed by atoms with Gasteiger partial charge >= 0.3 is 11.4 Å². The Hall–Kier alpha value is -2.95. The van der Waals surface area contributed by atoms with Crippen LogP contribution in [-0.2, 0) is 0 Å². The van der Waals surface area contributed by atoms with Gasteiger partial charge in [-0.15, -0.1) is 0 Å². The quantitative estimate of drug-likeness (QED) is 0.520. The van der Waals surface area contributed by atoms with Crippen molar-refractivity contribution >= 4 is 11.2 Å². The smallest absolute Gasteiger partial charge is 0.317 e. The standard InChI is InChI=1S/C12H13N7O4/c20-8-7-9(18(5-14-7)6-1-3-13-4-2-6)19(11(21)15-8)10-16-12(22)23-17-10/h5-6,13H,1-4H2,(H,15,20,21)(H,16,17,22). The van der Waals surface area contributed by atoms with Crippen molar-refractivity contribution in [2.75, 3.05) is 13.1 Å². The van der Waals surface area contributed by atoms with E-state index >= 15 is 0 Å². The molecule has 0 aliphatic carbocycles. The average molecular weight is 319 g/mol. The lowest BCUT2D eigenvalue weighted by Gasteiger charge is -2.24. The molecule has 3 aromatic heterocycles. The lowest BCUT2D eigenvalue weighted by atomic mass is 10.1. The average Bonchev–Trinajstić information content (AvgIpc) is 3.15. The van der Waals surface area contributed by atoms with Gasteiger partial charge in [0.2, 0.25) is 0 Å². The first kappa shape index (κ1) is 13.7. The number of hydrogen-bond donors (Lipinski definition) is 3. The second-order valence-corrected chi connectivity index (χ2v) is 5.32. The van der Waals surface area contributed by atoms with Gasteiger partial charge in [0.25, 0.3) is 11.5 Å². The molecule has 3 N–H and O–H groups in total. The van der Waals surface area contributed by atoms with Crippen LogP contribution in [0.2, 0.25) is 0 Å². The fourth-order valence-corrected chi connectivity index (χ4v) is 2.91. The van der Waals surface area contributed by atoms with Gasteiger partial charge in [0.1, 0.15) is 0 Å². The monoisotopic (exact) mass is 319 g/mol. The fraction of sp³-hybridized carbons (Fsp3) is 0.417. The molecular weight excluding hydrogens is 306 g/mol. The molecule has 0 aromatic carbocycles. The van der Waals surface area contributed by atoms with E-state index in [0.717, 1.165) is 30.5 Å². The number of aromatic amines is 2. The molecule has 0 saturated carbocycles. The number of hydrogen-bond acceptors (Lipinski definition) is 7. The molecule has 0 amide bonds. The van der Waals surface area contributed by atoms with Crippen LogP contribution in [0.3, 0.4) is 0 Å². The zero-order valence-corrected chi connectivity index (χ0v) is 11.9. The number of piperidine rings is 1. The third kappa shape index (κ3) is 2.12. The number of rotatable bonds is 2. The highest BCUT2D eigenvalue weighted by Gasteiger charge is 2.23. The molecule has 1 aliphatic rings. The minimum absolute atomic E-state index is 0.0901. The van der Waals surface area contributed by atoms with Crippen LogP contribution >= 0.6 is 0 Å². The molecule has 0 bridgehead atoms. The molecule has 11 nitrogen and oxygen atoms in total. The molecule has 11 heteroatoms. The molecular formula is C12H13N7O4. The Kier molecular flexibility index (Phi) is 3.01. The number of H-pyrrole nitrogens is 2. The Morgan fingerprint density at radius 1 is 1.17 bits per heavy atom. The molecule has 0 unspecified atom stereocenters. The maximum atomic E-state index is 12.2. The lowest BCUT2D eigenvalue weighted by Crippen LogP contribution is -2.33. The Bertz CT molecular complexity index is 1030. The Balaban J connectivity index is 2.04. The van der Waals surface area contributed by atoms with Crippen LogP contribution in [0.25, 0.3) is 17.1 Å². The Morgan fingerprint density at radius 2 is 1.96 bits per heavy atom. The number of imidazole rings is 1. The summed E-state index contributed by atoms with van der Waals surface area (Å²) >= 11 is 0. The molecule has 1 aliphatic heterocycles. The van der Waals surface area contributed by atoms with Gasteiger partial charge in [-0.25, -0.2) is 19.1 Å². The predicted molar refractivity (Wildman–Crippen MR) is 77.8 cm³/mol. The van der Waals surface area contributed by atoms with Crippen LogP contribution in [0, 0.1) is 0 Å². The van der Waals surface area contributed by atoms with E-state index in [1.54, 1.807) is 4.57 Å². The second-order valence-electron chi connectivity index (χ2n) is 5.32. The molecule has 120 valence electrons. The van der Waals surface area contributed by atoms with E-state index < -0.39 is 17.0 Å². The summed E-state index contributed by atoms with van der Waals surface area (Å²) in [5.41, 5.74) is -0.912. The largest absolute Gasteiger partial charge is 0.440 e. The number of nitrogens with zero attached hydrogens (tertiary/aromatic N) is 4. The van der Waals surface area contributed by atoms with Gasteiger partial charge in [0, 0.05) is 6.04 Å². The molecule has 23 heavy (non-hydrogen) atoms. The van der Waals surface area contributed by atoms with Gasteiger partial charge in [-0.05, 0) is 31.1 Å². The highest BCUT2D eigenvalue weighted by molar-refractivity contribution is 5.71. The molecule has 0 atom stereocenters. The summed E-state index contributed by atoms with van der Waals surface area (Å²) < 4.78 is 7.33. The number of aromatic nitrogens is 6. The first-order valence-electron chi connectivity index (χ1n) is 7.14. The molecule has 4 heterocycles. The van der Waals surface area contributed by atoms with Gasteiger partial charge in [0.15, 0.2) is 11.2 Å². The van der Waals surface area contributed by atoms with Gasteiger partial charge in [0.05, 0.1) is 6.33 Å². The first-order valence-corrected chi connectivity index (χ1v) is 7.14. The van der Waals surface area contributed by atoms with Crippen molar-refractivity contribution < 1.29 is 4.52 Å². The van der Waals surface area contributed by atoms with Crippen LogP contribution in [0.4, 0.5) is 0 Å². The van der Waals surface area contributed by atoms with Crippen molar-refractivity contribution in [3.63, 3.8) is 0 Å². The van der Waals surface area contributed by atoms with Gasteiger partial charge in [-0.2, -0.15) is 0 Å². The summed E-state index contributed by atoms with van der Waals surface area (Å²) in [6.07, 6.45) is 3.20. The molecule has 4 rings (SSSR count). The van der Waals surface area contributed by atoms with Crippen LogP contribution < -0.4 is 22.3 Å². The Morgan fingerprint density at radius 3 is 2.65 bits per heavy atom. The van der Waals surface area contributed by atoms with Crippen LogP contribution in [0.1, 0.15) is 18.9 Å². The third-order valence-electron chi connectivity index (χ3n) is 3.96. The van der Waals surface area contributed by atoms with E-state index in [1.165, 1.54) is 6.33 Å². The van der Waals surface area contributed by atoms with Crippen LogP contribution in [0.15, 0.2) is 25.2 Å². The molecule has 0 spiro atoms. The summed E-state index contributed by atoms with van der Waals surface area (Å²) in [6.45, 7) is 1.66. The fourth-order valence-electron chi connectivity index (χ4n) is 2.91. The van der Waals surface area contributed by atoms with Gasteiger partial charge in [-0.3, -0.25) is 19.3 Å². The zero-order valence-electron chi connectivity index (χ0n) is 11.9. The van der Waals surface area contributed by atoms with Crippen molar-refractivity contribution in [1.82, 2.24) is 34.6 Å². The third-order valence-corrected chi connectivity index (χ3v) is 3.96. The predicted octanol–water partition coefficient (Wildman–Crippen LogP) is -1.52. The maximum Gasteiger partial charge on any atom is 0.440 e. The summed E-state index contributed by atoms with van der Waals surface area (Å²) in [5.74, 6) is -0.892. The van der Waals surface area contributed by atoms with Crippen molar-refractivity contribution in [3.05, 3.63) is 37.7 Å². The van der Waals surface area contributed by atoms with E-state index in [4.69, 9.17) is 0 Å². The normalized spacial score (nSPS) is 16.2. The van der Waals surface area contributed by atoms with Gasteiger partial charge < -0.3 is 9.88 Å². The van der Waals surface area contributed by atoms with E-state index in [9.17, 15) is 14.4 Å². The second kappa shape index (κ2) is 5.05. The van der Waals surface area contributed by atoms with E-state index in [0.29, 0.717) is 0 Å². The minimum atomic E-state index is -0.792. The summed E-state index contributed by atoms with van der Waals surface area (Å²) in [4.78, 5) is 44.1. The summed E-state index contributed by atoms with van der Waals surface area (Å²) in [5, 5.41) is 6.79. The van der Waals surface area contributed by atoms with Crippen molar-refractivity contribution in [2.45, 2.75) is 18.9 Å². The summed E-state index contributed by atoms with van der Waals surface area (Å²) in [7, 11) is 0. The van der Waals surface area contributed by atoms with E-state index in [2.05, 4.69) is 29.9 Å². The van der Waals surface area contributed by atoms with Gasteiger partial charge in [-0.1, -0.05) is 0 Å². The highest BCUT2D eigenvalue weighted by atomic mass is 16.5. The SMILES string of the molecule is O=c1[nH]c(-n2c(=O)[nH]c(=O)c3ncn(C4CCNCC4)c32)no1. The van der Waals surface area contributed by atoms with Crippen molar-refractivity contribution in [2.24, 2.45) is 0 Å². The van der Waals surface area contributed by atoms with E-state index in [1.807, 2.05) is 0 Å². The maximum absolute atomic E-state index is 12.2. The van der Waals surface area contributed by atoms with Crippen molar-refractivity contribution in [1.29, 1.82) is 0 Å². The minimum Gasteiger partial charge on any atom is -0.317 e. The first-order chi connectivity index (χ1) is 11.1. The van der Waals surface area contributed by atoms with Crippen LogP contribution in [0.5, 0.6) is 0 Å². The number of fused-ring (bicyclic) bond motifs is 1. The summed E-state index contributed by atoms with van der Waals surface area (Å²) in [6, 6.07) is 0.0901. The van der Waals surface area contributed by atoms with Crippen molar-refractivity contribution in [3.8, 4) is 5.95 Å². The van der Waals surface area contributed by atoms with E-state index in [-0.39, 0.29) is 23.2 Å². The molecule has 1 saturated heterocycles. The zero-order chi connectivity index (χ0) is 16.0. The molecule has 0 radical (unpaired) electrons. The number of nitrogens with one attached hydrogen (secondary N) is 3. The molecule has 1 fully saturated rings. The highest BCUT2D eigenvalue weighted by Crippen LogP contribution is 2.22.